The lowest BCUT2D eigenvalue weighted by Crippen LogP contribution is -2.19. The van der Waals surface area contributed by atoms with Crippen LogP contribution in [0.1, 0.15) is 12.5 Å². The van der Waals surface area contributed by atoms with E-state index in [0.29, 0.717) is 0 Å². The number of nitro benzene ring substituents is 1. The Hall–Kier alpha value is -1.49. The number of hydrogen-bond acceptors (Lipinski definition) is 3. The molecule has 0 amide bonds. The summed E-state index contributed by atoms with van der Waals surface area (Å²) in [5.74, 6) is 0. The van der Waals surface area contributed by atoms with Crippen LogP contribution in [0.3, 0.4) is 0 Å². The summed E-state index contributed by atoms with van der Waals surface area (Å²) in [5, 5.41) is 19.0. The van der Waals surface area contributed by atoms with Crippen molar-refractivity contribution in [3.63, 3.8) is 0 Å². The standard InChI is InChI=1S/C9H10FNO3/c1-9(10,6-12)7-2-4-8(5-3-7)11(13)14/h2-5,12H,6H2,1H3/t9-/m1/s1. The van der Waals surface area contributed by atoms with Crippen LogP contribution in [0.25, 0.3) is 0 Å². The first kappa shape index (κ1) is 10.6. The van der Waals surface area contributed by atoms with Crippen LogP contribution in [-0.4, -0.2) is 16.6 Å². The number of non-ortho nitro benzene ring substituents is 1. The minimum Gasteiger partial charge on any atom is -0.393 e. The fourth-order valence-corrected chi connectivity index (χ4v) is 1.02. The molecule has 0 radical (unpaired) electrons. The van der Waals surface area contributed by atoms with Crippen LogP contribution in [0.5, 0.6) is 0 Å². The van der Waals surface area contributed by atoms with E-state index in [-0.39, 0.29) is 11.3 Å². The second-order valence-electron chi connectivity index (χ2n) is 3.16. The molecule has 0 saturated carbocycles. The van der Waals surface area contributed by atoms with Crippen LogP contribution in [0.15, 0.2) is 24.3 Å². The summed E-state index contributed by atoms with van der Waals surface area (Å²) in [6.07, 6.45) is 0. The van der Waals surface area contributed by atoms with Crippen molar-refractivity contribution in [1.82, 2.24) is 0 Å². The molecule has 4 nitrogen and oxygen atoms in total. The summed E-state index contributed by atoms with van der Waals surface area (Å²) in [7, 11) is 0. The lowest BCUT2D eigenvalue weighted by Gasteiger charge is -2.16. The maximum absolute atomic E-state index is 13.5. The highest BCUT2D eigenvalue weighted by atomic mass is 19.1. The molecule has 1 rings (SSSR count). The molecule has 1 N–H and O–H groups in total. The Bertz CT molecular complexity index is 334. The van der Waals surface area contributed by atoms with Gasteiger partial charge in [-0.1, -0.05) is 0 Å². The Balaban J connectivity index is 2.99. The third-order valence-corrected chi connectivity index (χ3v) is 1.98. The molecule has 1 aromatic carbocycles. The van der Waals surface area contributed by atoms with Crippen molar-refractivity contribution in [1.29, 1.82) is 0 Å². The van der Waals surface area contributed by atoms with Crippen LogP contribution in [0.4, 0.5) is 10.1 Å². The van der Waals surface area contributed by atoms with Crippen LogP contribution >= 0.6 is 0 Å². The third-order valence-electron chi connectivity index (χ3n) is 1.98. The number of rotatable bonds is 3. The summed E-state index contributed by atoms with van der Waals surface area (Å²) in [4.78, 5) is 9.74. The van der Waals surface area contributed by atoms with Gasteiger partial charge in [0.15, 0.2) is 5.67 Å². The van der Waals surface area contributed by atoms with Gasteiger partial charge in [-0.25, -0.2) is 4.39 Å². The van der Waals surface area contributed by atoms with Gasteiger partial charge in [-0.2, -0.15) is 0 Å². The Morgan fingerprint density at radius 2 is 2.00 bits per heavy atom. The van der Waals surface area contributed by atoms with Crippen LogP contribution < -0.4 is 0 Å². The van der Waals surface area contributed by atoms with Crippen molar-refractivity contribution >= 4 is 5.69 Å². The molecule has 0 aliphatic rings. The number of alkyl halides is 1. The van der Waals surface area contributed by atoms with Crippen molar-refractivity contribution in [2.75, 3.05) is 6.61 Å². The number of hydrogen-bond donors (Lipinski definition) is 1. The van der Waals surface area contributed by atoms with Crippen molar-refractivity contribution < 1.29 is 14.4 Å². The molecule has 0 aliphatic carbocycles. The first-order valence-corrected chi connectivity index (χ1v) is 4.02. The topological polar surface area (TPSA) is 63.4 Å². The van der Waals surface area contributed by atoms with Gasteiger partial charge in [-0.3, -0.25) is 10.1 Å². The van der Waals surface area contributed by atoms with Crippen molar-refractivity contribution in [2.45, 2.75) is 12.6 Å². The largest absolute Gasteiger partial charge is 0.393 e. The van der Waals surface area contributed by atoms with E-state index in [0.717, 1.165) is 0 Å². The lowest BCUT2D eigenvalue weighted by atomic mass is 9.99. The SMILES string of the molecule is C[C@@](F)(CO)c1ccc([N+](=O)[O-])cc1. The van der Waals surface area contributed by atoms with E-state index in [1.807, 2.05) is 0 Å². The summed E-state index contributed by atoms with van der Waals surface area (Å²) >= 11 is 0. The second kappa shape index (κ2) is 3.71. The van der Waals surface area contributed by atoms with Gasteiger partial charge >= 0.3 is 0 Å². The molecule has 1 atom stereocenters. The normalized spacial score (nSPS) is 14.8. The van der Waals surface area contributed by atoms with E-state index < -0.39 is 17.2 Å². The van der Waals surface area contributed by atoms with E-state index in [1.54, 1.807) is 0 Å². The van der Waals surface area contributed by atoms with E-state index in [9.17, 15) is 14.5 Å². The zero-order valence-corrected chi connectivity index (χ0v) is 7.61. The summed E-state index contributed by atoms with van der Waals surface area (Å²) in [6, 6.07) is 5.02. The lowest BCUT2D eigenvalue weighted by molar-refractivity contribution is -0.384. The molecule has 14 heavy (non-hydrogen) atoms. The van der Waals surface area contributed by atoms with Gasteiger partial charge in [0, 0.05) is 12.1 Å². The van der Waals surface area contributed by atoms with Gasteiger partial charge in [-0.15, -0.1) is 0 Å². The van der Waals surface area contributed by atoms with E-state index in [2.05, 4.69) is 0 Å². The average Bonchev–Trinajstić information content (AvgIpc) is 2.18. The third kappa shape index (κ3) is 2.05. The fourth-order valence-electron chi connectivity index (χ4n) is 1.02. The van der Waals surface area contributed by atoms with E-state index in [4.69, 9.17) is 5.11 Å². The predicted octanol–water partition coefficient (Wildman–Crippen LogP) is 1.77. The molecular formula is C9H10FNO3. The molecule has 0 bridgehead atoms. The Labute approximate surface area is 80.1 Å². The van der Waals surface area contributed by atoms with Gasteiger partial charge < -0.3 is 5.11 Å². The van der Waals surface area contributed by atoms with Crippen LogP contribution in [0.2, 0.25) is 0 Å². The fraction of sp³-hybridized carbons (Fsp3) is 0.333. The maximum Gasteiger partial charge on any atom is 0.269 e. The molecular weight excluding hydrogens is 189 g/mol. The Morgan fingerprint density at radius 3 is 2.36 bits per heavy atom. The first-order valence-electron chi connectivity index (χ1n) is 4.02. The Kier molecular flexibility index (Phi) is 2.81. The van der Waals surface area contributed by atoms with Gasteiger partial charge in [0.05, 0.1) is 11.5 Å². The molecule has 0 spiro atoms. The van der Waals surface area contributed by atoms with E-state index >= 15 is 0 Å². The molecule has 0 aromatic heterocycles. The van der Waals surface area contributed by atoms with Crippen molar-refractivity contribution in [3.05, 3.63) is 39.9 Å². The smallest absolute Gasteiger partial charge is 0.269 e. The number of nitro groups is 1. The van der Waals surface area contributed by atoms with Crippen molar-refractivity contribution in [2.24, 2.45) is 0 Å². The summed E-state index contributed by atoms with van der Waals surface area (Å²) < 4.78 is 13.5. The highest BCUT2D eigenvalue weighted by Crippen LogP contribution is 2.26. The van der Waals surface area contributed by atoms with Crippen LogP contribution in [0, 0.1) is 10.1 Å². The minimum atomic E-state index is -1.85. The predicted molar refractivity (Wildman–Crippen MR) is 48.6 cm³/mol. The van der Waals surface area contributed by atoms with Gasteiger partial charge in [0.2, 0.25) is 0 Å². The summed E-state index contributed by atoms with van der Waals surface area (Å²) in [6.45, 7) is 0.568. The first-order chi connectivity index (χ1) is 6.47. The van der Waals surface area contributed by atoms with Gasteiger partial charge in [-0.05, 0) is 24.6 Å². The monoisotopic (exact) mass is 199 g/mol. The molecule has 1 aromatic rings. The van der Waals surface area contributed by atoms with Gasteiger partial charge in [0.25, 0.3) is 5.69 Å². The maximum atomic E-state index is 13.5. The van der Waals surface area contributed by atoms with Gasteiger partial charge in [0.1, 0.15) is 0 Å². The molecule has 76 valence electrons. The molecule has 0 unspecified atom stereocenters. The minimum absolute atomic E-state index is 0.0949. The quantitative estimate of drug-likeness (QED) is 0.596. The molecule has 0 heterocycles. The number of aliphatic hydroxyl groups excluding tert-OH is 1. The van der Waals surface area contributed by atoms with Crippen LogP contribution in [-0.2, 0) is 5.67 Å². The Morgan fingerprint density at radius 1 is 1.50 bits per heavy atom. The number of aliphatic hydroxyl groups is 1. The molecule has 0 aliphatic heterocycles. The number of nitrogens with zero attached hydrogens (tertiary/aromatic N) is 1. The van der Waals surface area contributed by atoms with Crippen molar-refractivity contribution in [3.8, 4) is 0 Å². The average molecular weight is 199 g/mol. The molecule has 0 fully saturated rings. The number of benzene rings is 1. The highest BCUT2D eigenvalue weighted by molar-refractivity contribution is 5.35. The van der Waals surface area contributed by atoms with E-state index in [1.165, 1.54) is 31.2 Å². The summed E-state index contributed by atoms with van der Waals surface area (Å²) in [5.41, 5.74) is -1.72. The molecule has 0 saturated heterocycles. The second-order valence-corrected chi connectivity index (χ2v) is 3.16. The highest BCUT2D eigenvalue weighted by Gasteiger charge is 2.24. The zero-order chi connectivity index (χ0) is 10.8. The zero-order valence-electron chi connectivity index (χ0n) is 7.61. The molecule has 5 heteroatoms. The number of halogens is 1.